The summed E-state index contributed by atoms with van der Waals surface area (Å²) in [5, 5.41) is 0. The van der Waals surface area contributed by atoms with Gasteiger partial charge in [0.1, 0.15) is 6.61 Å². The Kier molecular flexibility index (Phi) is 6.07. The molecule has 0 saturated carbocycles. The van der Waals surface area contributed by atoms with E-state index in [1.165, 1.54) is 24.9 Å². The van der Waals surface area contributed by atoms with Crippen molar-refractivity contribution >= 4 is 0 Å². The fraction of sp³-hybridized carbons (Fsp3) is 0.450. The second-order valence-corrected chi connectivity index (χ2v) is 6.37. The standard InChI is InChI=1S/C20H26N2O2/c1-23-19-8-2-3-9-20(19)24-13-12-22-11-5-7-18(16-22)14-17-6-4-10-21-15-17/h2-4,6,8-10,15,18H,5,7,11-14,16H2,1H3. The van der Waals surface area contributed by atoms with E-state index in [1.807, 2.05) is 42.7 Å². The summed E-state index contributed by atoms with van der Waals surface area (Å²) in [4.78, 5) is 6.74. The fourth-order valence-electron chi connectivity index (χ4n) is 3.40. The molecule has 1 saturated heterocycles. The third kappa shape index (κ3) is 4.71. The van der Waals surface area contributed by atoms with Crippen LogP contribution in [0.15, 0.2) is 48.8 Å². The van der Waals surface area contributed by atoms with Crippen LogP contribution in [0.2, 0.25) is 0 Å². The minimum absolute atomic E-state index is 0.694. The van der Waals surface area contributed by atoms with E-state index in [9.17, 15) is 0 Å². The molecule has 0 spiro atoms. The van der Waals surface area contributed by atoms with Crippen LogP contribution in [0, 0.1) is 5.92 Å². The van der Waals surface area contributed by atoms with E-state index in [4.69, 9.17) is 9.47 Å². The number of likely N-dealkylation sites (tertiary alicyclic amines) is 1. The molecular formula is C20H26N2O2. The van der Waals surface area contributed by atoms with Crippen molar-refractivity contribution in [2.45, 2.75) is 19.3 Å². The lowest BCUT2D eigenvalue weighted by Gasteiger charge is -2.32. The SMILES string of the molecule is COc1ccccc1OCCN1CCCC(Cc2cccnc2)C1. The van der Waals surface area contributed by atoms with E-state index >= 15 is 0 Å². The molecule has 0 bridgehead atoms. The summed E-state index contributed by atoms with van der Waals surface area (Å²) < 4.78 is 11.2. The Morgan fingerprint density at radius 2 is 2.04 bits per heavy atom. The molecule has 1 fully saturated rings. The summed E-state index contributed by atoms with van der Waals surface area (Å²) in [7, 11) is 1.68. The maximum atomic E-state index is 5.91. The molecule has 0 radical (unpaired) electrons. The van der Waals surface area contributed by atoms with Crippen LogP contribution in [0.4, 0.5) is 0 Å². The minimum atomic E-state index is 0.694. The zero-order valence-electron chi connectivity index (χ0n) is 14.4. The maximum absolute atomic E-state index is 5.91. The Balaban J connectivity index is 1.45. The Morgan fingerprint density at radius 1 is 1.17 bits per heavy atom. The minimum Gasteiger partial charge on any atom is -0.493 e. The number of hydrogen-bond acceptors (Lipinski definition) is 4. The second-order valence-electron chi connectivity index (χ2n) is 6.37. The summed E-state index contributed by atoms with van der Waals surface area (Å²) in [5.74, 6) is 2.34. The molecule has 1 aromatic carbocycles. The van der Waals surface area contributed by atoms with Crippen LogP contribution in [0.25, 0.3) is 0 Å². The van der Waals surface area contributed by atoms with E-state index in [1.54, 1.807) is 7.11 Å². The summed E-state index contributed by atoms with van der Waals surface area (Å²) in [6.07, 6.45) is 7.52. The third-order valence-corrected chi connectivity index (χ3v) is 4.58. The molecule has 2 aromatic rings. The molecule has 1 aliphatic heterocycles. The Hall–Kier alpha value is -2.07. The van der Waals surface area contributed by atoms with Crippen LogP contribution >= 0.6 is 0 Å². The van der Waals surface area contributed by atoms with Crippen molar-refractivity contribution in [2.24, 2.45) is 5.92 Å². The highest BCUT2D eigenvalue weighted by atomic mass is 16.5. The number of pyridine rings is 1. The number of nitrogens with zero attached hydrogens (tertiary/aromatic N) is 2. The number of piperidine rings is 1. The number of hydrogen-bond donors (Lipinski definition) is 0. The zero-order chi connectivity index (χ0) is 16.6. The van der Waals surface area contributed by atoms with Crippen LogP contribution < -0.4 is 9.47 Å². The molecule has 2 heterocycles. The Morgan fingerprint density at radius 3 is 2.83 bits per heavy atom. The maximum Gasteiger partial charge on any atom is 0.161 e. The number of methoxy groups -OCH3 is 1. The summed E-state index contributed by atoms with van der Waals surface area (Å²) in [6, 6.07) is 12.0. The average Bonchev–Trinajstić information content (AvgIpc) is 2.63. The van der Waals surface area contributed by atoms with E-state index in [0.29, 0.717) is 12.5 Å². The van der Waals surface area contributed by atoms with Gasteiger partial charge in [0.15, 0.2) is 11.5 Å². The number of rotatable bonds is 7. The molecule has 1 aliphatic rings. The number of para-hydroxylation sites is 2. The summed E-state index contributed by atoms with van der Waals surface area (Å²) >= 11 is 0. The molecule has 0 aliphatic carbocycles. The summed E-state index contributed by atoms with van der Waals surface area (Å²) in [6.45, 7) is 3.96. The molecule has 128 valence electrons. The van der Waals surface area contributed by atoms with Gasteiger partial charge >= 0.3 is 0 Å². The van der Waals surface area contributed by atoms with Crippen molar-refractivity contribution in [3.05, 3.63) is 54.4 Å². The first-order chi connectivity index (χ1) is 11.8. The Labute approximate surface area is 144 Å². The van der Waals surface area contributed by atoms with Gasteiger partial charge in [-0.25, -0.2) is 0 Å². The lowest BCUT2D eigenvalue weighted by atomic mass is 9.92. The molecule has 1 aromatic heterocycles. The van der Waals surface area contributed by atoms with Gasteiger partial charge in [0.2, 0.25) is 0 Å². The normalized spacial score (nSPS) is 18.3. The van der Waals surface area contributed by atoms with Crippen molar-refractivity contribution in [2.75, 3.05) is 33.4 Å². The largest absolute Gasteiger partial charge is 0.493 e. The zero-order valence-corrected chi connectivity index (χ0v) is 14.4. The number of benzene rings is 1. The van der Waals surface area contributed by atoms with Crippen LogP contribution in [0.3, 0.4) is 0 Å². The van der Waals surface area contributed by atoms with Gasteiger partial charge in [-0.3, -0.25) is 9.88 Å². The van der Waals surface area contributed by atoms with E-state index in [-0.39, 0.29) is 0 Å². The van der Waals surface area contributed by atoms with Crippen molar-refractivity contribution < 1.29 is 9.47 Å². The smallest absolute Gasteiger partial charge is 0.161 e. The van der Waals surface area contributed by atoms with Crippen molar-refractivity contribution in [3.63, 3.8) is 0 Å². The molecule has 4 heteroatoms. The van der Waals surface area contributed by atoms with Crippen LogP contribution in [-0.4, -0.2) is 43.2 Å². The highest BCUT2D eigenvalue weighted by Crippen LogP contribution is 2.26. The van der Waals surface area contributed by atoms with Gasteiger partial charge in [-0.15, -0.1) is 0 Å². The third-order valence-electron chi connectivity index (χ3n) is 4.58. The lowest BCUT2D eigenvalue weighted by Crippen LogP contribution is -2.38. The first-order valence-electron chi connectivity index (χ1n) is 8.72. The Bertz CT molecular complexity index is 618. The molecule has 3 rings (SSSR count). The molecule has 4 nitrogen and oxygen atoms in total. The fourth-order valence-corrected chi connectivity index (χ4v) is 3.40. The second kappa shape index (κ2) is 8.69. The van der Waals surface area contributed by atoms with Gasteiger partial charge in [-0.2, -0.15) is 0 Å². The van der Waals surface area contributed by atoms with Crippen LogP contribution in [-0.2, 0) is 6.42 Å². The van der Waals surface area contributed by atoms with Crippen molar-refractivity contribution in [1.82, 2.24) is 9.88 Å². The quantitative estimate of drug-likeness (QED) is 0.781. The first kappa shape index (κ1) is 16.8. The highest BCUT2D eigenvalue weighted by molar-refractivity contribution is 5.39. The van der Waals surface area contributed by atoms with Gasteiger partial charge in [0.25, 0.3) is 0 Å². The lowest BCUT2D eigenvalue weighted by molar-refractivity contribution is 0.145. The molecular weight excluding hydrogens is 300 g/mol. The van der Waals surface area contributed by atoms with E-state index in [2.05, 4.69) is 16.0 Å². The van der Waals surface area contributed by atoms with Gasteiger partial charge < -0.3 is 9.47 Å². The van der Waals surface area contributed by atoms with Crippen molar-refractivity contribution in [3.8, 4) is 11.5 Å². The van der Waals surface area contributed by atoms with Crippen molar-refractivity contribution in [1.29, 1.82) is 0 Å². The number of aromatic nitrogens is 1. The first-order valence-corrected chi connectivity index (χ1v) is 8.72. The predicted molar refractivity (Wildman–Crippen MR) is 95.6 cm³/mol. The molecule has 1 atom stereocenters. The molecule has 1 unspecified atom stereocenters. The molecule has 0 amide bonds. The van der Waals surface area contributed by atoms with E-state index < -0.39 is 0 Å². The van der Waals surface area contributed by atoms with Gasteiger partial charge in [-0.05, 0) is 55.5 Å². The van der Waals surface area contributed by atoms with Crippen LogP contribution in [0.1, 0.15) is 18.4 Å². The van der Waals surface area contributed by atoms with Crippen LogP contribution in [0.5, 0.6) is 11.5 Å². The molecule has 0 N–H and O–H groups in total. The summed E-state index contributed by atoms with van der Waals surface area (Å²) in [5.41, 5.74) is 1.34. The number of ether oxygens (including phenoxy) is 2. The highest BCUT2D eigenvalue weighted by Gasteiger charge is 2.20. The molecule has 24 heavy (non-hydrogen) atoms. The monoisotopic (exact) mass is 326 g/mol. The van der Waals surface area contributed by atoms with E-state index in [0.717, 1.165) is 31.0 Å². The predicted octanol–water partition coefficient (Wildman–Crippen LogP) is 3.42. The average molecular weight is 326 g/mol. The van der Waals surface area contributed by atoms with Gasteiger partial charge in [0.05, 0.1) is 7.11 Å². The van der Waals surface area contributed by atoms with Gasteiger partial charge in [-0.1, -0.05) is 18.2 Å². The topological polar surface area (TPSA) is 34.6 Å². The van der Waals surface area contributed by atoms with Gasteiger partial charge in [0, 0.05) is 25.5 Å².